The summed E-state index contributed by atoms with van der Waals surface area (Å²) in [6.45, 7) is 1.72. The Morgan fingerprint density at radius 1 is 0.931 bits per heavy atom. The summed E-state index contributed by atoms with van der Waals surface area (Å²) in [7, 11) is 2.01. The Kier molecular flexibility index (Phi) is 7.40. The number of aliphatic hydroxyl groups is 1. The minimum Gasteiger partial charge on any atom is -0.399 e. The summed E-state index contributed by atoms with van der Waals surface area (Å²) < 4.78 is 0. The molecule has 0 saturated carbocycles. The van der Waals surface area contributed by atoms with E-state index in [-0.39, 0.29) is 6.61 Å². The summed E-state index contributed by atoms with van der Waals surface area (Å²) in [5, 5.41) is 8.97. The number of pyridine rings is 1. The zero-order valence-electron chi connectivity index (χ0n) is 16.8. The van der Waals surface area contributed by atoms with Gasteiger partial charge in [-0.1, -0.05) is 48.4 Å². The highest BCUT2D eigenvalue weighted by atomic mass is 16.3. The minimum atomic E-state index is 0.187. The molecule has 1 aromatic heterocycles. The zero-order chi connectivity index (χ0) is 20.5. The average Bonchev–Trinajstić information content (AvgIpc) is 2.74. The summed E-state index contributed by atoms with van der Waals surface area (Å²) in [5.41, 5.74) is 12.0. The van der Waals surface area contributed by atoms with Crippen LogP contribution >= 0.6 is 0 Å². The van der Waals surface area contributed by atoms with Crippen LogP contribution in [0.2, 0.25) is 0 Å². The highest BCUT2D eigenvalue weighted by Crippen LogP contribution is 2.19. The third kappa shape index (κ3) is 6.46. The lowest BCUT2D eigenvalue weighted by Gasteiger charge is -2.15. The van der Waals surface area contributed by atoms with Crippen LogP contribution in [0.15, 0.2) is 66.9 Å². The predicted molar refractivity (Wildman–Crippen MR) is 119 cm³/mol. The van der Waals surface area contributed by atoms with E-state index in [2.05, 4.69) is 46.0 Å². The summed E-state index contributed by atoms with van der Waals surface area (Å²) in [6, 6.07) is 20.4. The Morgan fingerprint density at radius 2 is 1.62 bits per heavy atom. The Bertz CT molecular complexity index is 952. The number of aryl methyl sites for hydroxylation is 1. The fraction of sp³-hybridized carbons (Fsp3) is 0.240. The molecule has 0 fully saturated rings. The van der Waals surface area contributed by atoms with Crippen molar-refractivity contribution in [2.75, 3.05) is 25.9 Å². The van der Waals surface area contributed by atoms with E-state index in [0.29, 0.717) is 6.54 Å². The number of rotatable bonds is 7. The lowest BCUT2D eigenvalue weighted by molar-refractivity contribution is 0.217. The van der Waals surface area contributed by atoms with Crippen LogP contribution in [0.1, 0.15) is 23.2 Å². The second kappa shape index (κ2) is 10.4. The van der Waals surface area contributed by atoms with Crippen molar-refractivity contribution in [2.45, 2.75) is 19.4 Å². The van der Waals surface area contributed by atoms with Crippen molar-refractivity contribution in [1.82, 2.24) is 9.88 Å². The van der Waals surface area contributed by atoms with Gasteiger partial charge in [0.2, 0.25) is 0 Å². The molecule has 148 valence electrons. The molecule has 4 heteroatoms. The standard InChI is InChI=1S/C25H27N3O/c1-28(16-17-29)19-21-8-6-20(7-9-21)4-2-3-5-25-15-12-23(18-27-25)22-10-13-24(26)14-11-22/h6-15,18,29H,2,4,16-17,19,26H2,1H3. The van der Waals surface area contributed by atoms with Crippen molar-refractivity contribution in [3.05, 3.63) is 83.7 Å². The largest absolute Gasteiger partial charge is 0.399 e. The number of aromatic nitrogens is 1. The molecular weight excluding hydrogens is 358 g/mol. The summed E-state index contributed by atoms with van der Waals surface area (Å²) in [5.74, 6) is 6.36. The summed E-state index contributed by atoms with van der Waals surface area (Å²) >= 11 is 0. The van der Waals surface area contributed by atoms with Crippen molar-refractivity contribution in [3.63, 3.8) is 0 Å². The van der Waals surface area contributed by atoms with Crippen LogP contribution in [0, 0.1) is 11.8 Å². The second-order valence-corrected chi connectivity index (χ2v) is 7.13. The van der Waals surface area contributed by atoms with Gasteiger partial charge in [-0.05, 0) is 54.3 Å². The summed E-state index contributed by atoms with van der Waals surface area (Å²) in [4.78, 5) is 6.55. The number of aliphatic hydroxyl groups excluding tert-OH is 1. The first-order chi connectivity index (χ1) is 14.1. The molecule has 29 heavy (non-hydrogen) atoms. The fourth-order valence-electron chi connectivity index (χ4n) is 3.05. The van der Waals surface area contributed by atoms with Gasteiger partial charge in [0.25, 0.3) is 0 Å². The Balaban J connectivity index is 1.50. The van der Waals surface area contributed by atoms with Gasteiger partial charge < -0.3 is 10.8 Å². The highest BCUT2D eigenvalue weighted by molar-refractivity contribution is 5.64. The van der Waals surface area contributed by atoms with Crippen LogP contribution in [0.25, 0.3) is 11.1 Å². The van der Waals surface area contributed by atoms with Crippen molar-refractivity contribution in [1.29, 1.82) is 0 Å². The third-order valence-electron chi connectivity index (χ3n) is 4.72. The fourth-order valence-corrected chi connectivity index (χ4v) is 3.05. The minimum absolute atomic E-state index is 0.187. The molecule has 2 aromatic carbocycles. The maximum Gasteiger partial charge on any atom is 0.113 e. The maximum absolute atomic E-state index is 8.97. The monoisotopic (exact) mass is 385 g/mol. The lowest BCUT2D eigenvalue weighted by atomic mass is 10.1. The molecule has 0 bridgehead atoms. The molecule has 3 N–H and O–H groups in total. The highest BCUT2D eigenvalue weighted by Gasteiger charge is 2.00. The molecule has 0 amide bonds. The SMILES string of the molecule is CN(CCO)Cc1ccc(CCC#Cc2ccc(-c3ccc(N)cc3)cn2)cc1. The normalized spacial score (nSPS) is 10.6. The van der Waals surface area contributed by atoms with Gasteiger partial charge in [-0.2, -0.15) is 0 Å². The molecule has 0 saturated heterocycles. The molecule has 3 rings (SSSR count). The van der Waals surface area contributed by atoms with Gasteiger partial charge in [-0.15, -0.1) is 0 Å². The van der Waals surface area contributed by atoms with E-state index in [1.165, 1.54) is 11.1 Å². The smallest absolute Gasteiger partial charge is 0.113 e. The molecule has 0 aliphatic carbocycles. The number of hydrogen-bond donors (Lipinski definition) is 2. The van der Waals surface area contributed by atoms with Gasteiger partial charge in [0.1, 0.15) is 5.69 Å². The third-order valence-corrected chi connectivity index (χ3v) is 4.72. The molecule has 0 radical (unpaired) electrons. The molecule has 1 heterocycles. The summed E-state index contributed by atoms with van der Waals surface area (Å²) in [6.07, 6.45) is 3.57. The molecule has 4 nitrogen and oxygen atoms in total. The zero-order valence-corrected chi connectivity index (χ0v) is 16.8. The topological polar surface area (TPSA) is 62.4 Å². The van der Waals surface area contributed by atoms with E-state index in [9.17, 15) is 0 Å². The van der Waals surface area contributed by atoms with Crippen molar-refractivity contribution in [2.24, 2.45) is 0 Å². The number of benzene rings is 2. The molecule has 0 aliphatic heterocycles. The van der Waals surface area contributed by atoms with Crippen LogP contribution in [0.4, 0.5) is 5.69 Å². The first-order valence-electron chi connectivity index (χ1n) is 9.82. The van der Waals surface area contributed by atoms with E-state index >= 15 is 0 Å². The molecule has 0 unspecified atom stereocenters. The molecule has 3 aromatic rings. The Labute approximate surface area is 173 Å². The van der Waals surface area contributed by atoms with Gasteiger partial charge in [0.15, 0.2) is 0 Å². The van der Waals surface area contributed by atoms with Gasteiger partial charge in [0.05, 0.1) is 6.61 Å². The van der Waals surface area contributed by atoms with Gasteiger partial charge in [0, 0.05) is 37.0 Å². The second-order valence-electron chi connectivity index (χ2n) is 7.13. The van der Waals surface area contributed by atoms with Crippen molar-refractivity contribution in [3.8, 4) is 23.0 Å². The van der Waals surface area contributed by atoms with Crippen LogP contribution in [-0.2, 0) is 13.0 Å². The quantitative estimate of drug-likeness (QED) is 0.480. The van der Waals surface area contributed by atoms with E-state index in [1.807, 2.05) is 49.6 Å². The van der Waals surface area contributed by atoms with Crippen LogP contribution in [0.5, 0.6) is 0 Å². The molecule has 0 spiro atoms. The number of hydrogen-bond acceptors (Lipinski definition) is 4. The van der Waals surface area contributed by atoms with Crippen molar-refractivity contribution < 1.29 is 5.11 Å². The van der Waals surface area contributed by atoms with E-state index in [0.717, 1.165) is 41.9 Å². The van der Waals surface area contributed by atoms with Crippen LogP contribution in [-0.4, -0.2) is 35.2 Å². The first kappa shape index (κ1) is 20.6. The van der Waals surface area contributed by atoms with E-state index in [1.54, 1.807) is 0 Å². The van der Waals surface area contributed by atoms with Crippen molar-refractivity contribution >= 4 is 5.69 Å². The van der Waals surface area contributed by atoms with E-state index in [4.69, 9.17) is 10.8 Å². The van der Waals surface area contributed by atoms with Crippen LogP contribution < -0.4 is 5.73 Å². The molecular formula is C25H27N3O. The molecule has 0 atom stereocenters. The van der Waals surface area contributed by atoms with Crippen LogP contribution in [0.3, 0.4) is 0 Å². The first-order valence-corrected chi connectivity index (χ1v) is 9.82. The van der Waals surface area contributed by atoms with Gasteiger partial charge in [-0.25, -0.2) is 4.98 Å². The predicted octanol–water partition coefficient (Wildman–Crippen LogP) is 3.74. The number of likely N-dealkylation sites (N-methyl/N-ethyl adjacent to an activating group) is 1. The molecule has 0 aliphatic rings. The lowest BCUT2D eigenvalue weighted by Crippen LogP contribution is -2.21. The number of nitrogens with two attached hydrogens (primary N) is 1. The Hall–Kier alpha value is -3.13. The van der Waals surface area contributed by atoms with E-state index < -0.39 is 0 Å². The maximum atomic E-state index is 8.97. The average molecular weight is 386 g/mol. The number of anilines is 1. The number of nitrogens with zero attached hydrogens (tertiary/aromatic N) is 2. The van der Waals surface area contributed by atoms with Gasteiger partial charge in [-0.3, -0.25) is 4.90 Å². The van der Waals surface area contributed by atoms with Gasteiger partial charge >= 0.3 is 0 Å². The number of nitrogen functional groups attached to an aromatic ring is 1. The Morgan fingerprint density at radius 3 is 2.28 bits per heavy atom.